The lowest BCUT2D eigenvalue weighted by molar-refractivity contribution is -0.127. The van der Waals surface area contributed by atoms with Crippen molar-refractivity contribution >= 4 is 17.7 Å². The standard InChI is InChI=1S/C13H17N5OS/c1-9(12(19)17(2)3)20-13-16-15-11(18(13)4)10-5-7-14-8-6-10/h5-9H,1-4H3/t9-/m0/s1. The average molecular weight is 291 g/mol. The van der Waals surface area contributed by atoms with E-state index in [9.17, 15) is 4.79 Å². The molecule has 0 fully saturated rings. The van der Waals surface area contributed by atoms with Crippen LogP contribution in [-0.2, 0) is 11.8 Å². The second-order valence-electron chi connectivity index (χ2n) is 4.59. The van der Waals surface area contributed by atoms with Gasteiger partial charge in [-0.1, -0.05) is 11.8 Å². The quantitative estimate of drug-likeness (QED) is 0.798. The van der Waals surface area contributed by atoms with Gasteiger partial charge in [-0.15, -0.1) is 10.2 Å². The van der Waals surface area contributed by atoms with E-state index < -0.39 is 0 Å². The monoisotopic (exact) mass is 291 g/mol. The molecule has 1 atom stereocenters. The summed E-state index contributed by atoms with van der Waals surface area (Å²) in [4.78, 5) is 17.4. The summed E-state index contributed by atoms with van der Waals surface area (Å²) in [7, 11) is 5.39. The van der Waals surface area contributed by atoms with Gasteiger partial charge in [-0.25, -0.2) is 0 Å². The summed E-state index contributed by atoms with van der Waals surface area (Å²) in [5.74, 6) is 0.822. The van der Waals surface area contributed by atoms with Crippen molar-refractivity contribution < 1.29 is 4.79 Å². The fraction of sp³-hybridized carbons (Fsp3) is 0.385. The minimum Gasteiger partial charge on any atom is -0.348 e. The predicted molar refractivity (Wildman–Crippen MR) is 78.2 cm³/mol. The first-order chi connectivity index (χ1) is 9.50. The third kappa shape index (κ3) is 2.98. The van der Waals surface area contributed by atoms with E-state index in [2.05, 4.69) is 15.2 Å². The van der Waals surface area contributed by atoms with Crippen molar-refractivity contribution in [2.24, 2.45) is 7.05 Å². The first kappa shape index (κ1) is 14.5. The van der Waals surface area contributed by atoms with Gasteiger partial charge in [0, 0.05) is 39.1 Å². The van der Waals surface area contributed by atoms with Crippen LogP contribution in [0, 0.1) is 0 Å². The molecule has 0 saturated heterocycles. The van der Waals surface area contributed by atoms with E-state index in [-0.39, 0.29) is 11.2 Å². The molecule has 2 rings (SSSR count). The maximum atomic E-state index is 11.9. The van der Waals surface area contributed by atoms with Crippen LogP contribution in [0.25, 0.3) is 11.4 Å². The first-order valence-electron chi connectivity index (χ1n) is 6.18. The molecular weight excluding hydrogens is 274 g/mol. The molecule has 0 aliphatic rings. The number of nitrogens with zero attached hydrogens (tertiary/aromatic N) is 5. The van der Waals surface area contributed by atoms with Gasteiger partial charge < -0.3 is 9.47 Å². The Morgan fingerprint density at radius 2 is 1.95 bits per heavy atom. The van der Waals surface area contributed by atoms with Crippen molar-refractivity contribution in [1.29, 1.82) is 0 Å². The molecule has 1 amide bonds. The number of rotatable bonds is 4. The maximum Gasteiger partial charge on any atom is 0.235 e. The van der Waals surface area contributed by atoms with Crippen molar-refractivity contribution in [3.05, 3.63) is 24.5 Å². The van der Waals surface area contributed by atoms with Crippen molar-refractivity contribution in [1.82, 2.24) is 24.6 Å². The first-order valence-corrected chi connectivity index (χ1v) is 7.06. The SMILES string of the molecule is C[C@H](Sc1nnc(-c2ccncc2)n1C)C(=O)N(C)C. The zero-order valence-corrected chi connectivity index (χ0v) is 12.8. The van der Waals surface area contributed by atoms with Crippen molar-refractivity contribution in [3.63, 3.8) is 0 Å². The Morgan fingerprint density at radius 3 is 2.55 bits per heavy atom. The number of carbonyl (C=O) groups is 1. The lowest BCUT2D eigenvalue weighted by Gasteiger charge is -2.15. The van der Waals surface area contributed by atoms with Gasteiger partial charge in [-0.05, 0) is 19.1 Å². The molecule has 0 unspecified atom stereocenters. The maximum absolute atomic E-state index is 11.9. The smallest absolute Gasteiger partial charge is 0.235 e. The van der Waals surface area contributed by atoms with Gasteiger partial charge in [0.2, 0.25) is 5.91 Å². The molecule has 0 spiro atoms. The summed E-state index contributed by atoms with van der Waals surface area (Å²) < 4.78 is 1.89. The molecule has 7 heteroatoms. The van der Waals surface area contributed by atoms with Gasteiger partial charge >= 0.3 is 0 Å². The van der Waals surface area contributed by atoms with Crippen molar-refractivity contribution in [2.45, 2.75) is 17.3 Å². The van der Waals surface area contributed by atoms with Gasteiger partial charge in [-0.2, -0.15) is 0 Å². The molecule has 2 heterocycles. The fourth-order valence-corrected chi connectivity index (χ4v) is 2.70. The van der Waals surface area contributed by atoms with Crippen LogP contribution in [0.3, 0.4) is 0 Å². The largest absolute Gasteiger partial charge is 0.348 e. The summed E-state index contributed by atoms with van der Waals surface area (Å²) in [6.07, 6.45) is 3.43. The van der Waals surface area contributed by atoms with Crippen LogP contribution in [0.1, 0.15) is 6.92 Å². The van der Waals surface area contributed by atoms with Gasteiger partial charge in [0.25, 0.3) is 0 Å². The average Bonchev–Trinajstić information content (AvgIpc) is 2.80. The number of carbonyl (C=O) groups excluding carboxylic acids is 1. The normalized spacial score (nSPS) is 12.2. The molecule has 2 aromatic rings. The van der Waals surface area contributed by atoms with E-state index >= 15 is 0 Å². The highest BCUT2D eigenvalue weighted by Crippen LogP contribution is 2.25. The molecule has 0 N–H and O–H groups in total. The van der Waals surface area contributed by atoms with E-state index in [0.717, 1.165) is 16.5 Å². The van der Waals surface area contributed by atoms with Crippen LogP contribution in [0.5, 0.6) is 0 Å². The number of pyridine rings is 1. The van der Waals surface area contributed by atoms with Crippen LogP contribution in [0.4, 0.5) is 0 Å². The van der Waals surface area contributed by atoms with Gasteiger partial charge in [0.05, 0.1) is 5.25 Å². The minimum absolute atomic E-state index is 0.0588. The zero-order chi connectivity index (χ0) is 14.7. The molecule has 0 radical (unpaired) electrons. The van der Waals surface area contributed by atoms with Gasteiger partial charge in [0.15, 0.2) is 11.0 Å². The number of thioether (sulfide) groups is 1. The molecule has 6 nitrogen and oxygen atoms in total. The highest BCUT2D eigenvalue weighted by Gasteiger charge is 2.20. The Hall–Kier alpha value is -1.89. The number of hydrogen-bond donors (Lipinski definition) is 0. The Kier molecular flexibility index (Phi) is 4.39. The van der Waals surface area contributed by atoms with E-state index in [1.54, 1.807) is 31.4 Å². The lowest BCUT2D eigenvalue weighted by atomic mass is 10.2. The Bertz CT molecular complexity index is 596. The Labute approximate surface area is 122 Å². The molecule has 0 aliphatic carbocycles. The van der Waals surface area contributed by atoms with Crippen LogP contribution < -0.4 is 0 Å². The van der Waals surface area contributed by atoms with Gasteiger partial charge in [0.1, 0.15) is 0 Å². The second kappa shape index (κ2) is 6.04. The van der Waals surface area contributed by atoms with Crippen LogP contribution >= 0.6 is 11.8 Å². The van der Waals surface area contributed by atoms with Crippen molar-refractivity contribution in [3.8, 4) is 11.4 Å². The highest BCUT2D eigenvalue weighted by atomic mass is 32.2. The van der Waals surface area contributed by atoms with E-state index in [1.807, 2.05) is 30.7 Å². The van der Waals surface area contributed by atoms with Crippen LogP contribution in [0.15, 0.2) is 29.7 Å². The summed E-state index contributed by atoms with van der Waals surface area (Å²) in [6, 6.07) is 3.76. The van der Waals surface area contributed by atoms with Crippen LogP contribution in [0.2, 0.25) is 0 Å². The second-order valence-corrected chi connectivity index (χ2v) is 5.90. The molecule has 20 heavy (non-hydrogen) atoms. The topological polar surface area (TPSA) is 63.9 Å². The van der Waals surface area contributed by atoms with E-state index in [1.165, 1.54) is 11.8 Å². The predicted octanol–water partition coefficient (Wildman–Crippen LogP) is 1.45. The molecule has 2 aromatic heterocycles. The number of amides is 1. The Morgan fingerprint density at radius 1 is 1.30 bits per heavy atom. The fourth-order valence-electron chi connectivity index (χ4n) is 1.74. The molecule has 0 bridgehead atoms. The third-order valence-electron chi connectivity index (χ3n) is 2.84. The number of aromatic nitrogens is 4. The van der Waals surface area contributed by atoms with Crippen molar-refractivity contribution in [2.75, 3.05) is 14.1 Å². The van der Waals surface area contributed by atoms with E-state index in [0.29, 0.717) is 0 Å². The summed E-state index contributed by atoms with van der Waals surface area (Å²) in [6.45, 7) is 1.87. The molecule has 0 saturated carbocycles. The summed E-state index contributed by atoms with van der Waals surface area (Å²) >= 11 is 1.40. The number of hydrogen-bond acceptors (Lipinski definition) is 5. The third-order valence-corrected chi connectivity index (χ3v) is 3.97. The summed E-state index contributed by atoms with van der Waals surface area (Å²) in [5.41, 5.74) is 0.952. The Balaban J connectivity index is 2.20. The minimum atomic E-state index is -0.196. The molecule has 0 aliphatic heterocycles. The van der Waals surface area contributed by atoms with Crippen LogP contribution in [-0.4, -0.2) is 49.9 Å². The molecule has 106 valence electrons. The highest BCUT2D eigenvalue weighted by molar-refractivity contribution is 8.00. The lowest BCUT2D eigenvalue weighted by Crippen LogP contribution is -2.29. The summed E-state index contributed by atoms with van der Waals surface area (Å²) in [5, 5.41) is 8.87. The van der Waals surface area contributed by atoms with E-state index in [4.69, 9.17) is 0 Å². The molecular formula is C13H17N5OS. The molecule has 0 aromatic carbocycles. The zero-order valence-electron chi connectivity index (χ0n) is 11.9. The van der Waals surface area contributed by atoms with Gasteiger partial charge in [-0.3, -0.25) is 9.78 Å².